The summed E-state index contributed by atoms with van der Waals surface area (Å²) in [7, 11) is 3.34. The van der Waals surface area contributed by atoms with Crippen molar-refractivity contribution in [1.82, 2.24) is 0 Å². The summed E-state index contributed by atoms with van der Waals surface area (Å²) >= 11 is 0. The predicted octanol–water partition coefficient (Wildman–Crippen LogP) is 6.25. The average molecular weight is 371 g/mol. The van der Waals surface area contributed by atoms with Crippen molar-refractivity contribution >= 4 is 0 Å². The predicted molar refractivity (Wildman–Crippen MR) is 112 cm³/mol. The van der Waals surface area contributed by atoms with E-state index in [0.29, 0.717) is 0 Å². The largest absolute Gasteiger partial charge is 0.497 e. The van der Waals surface area contributed by atoms with Crippen molar-refractivity contribution in [2.75, 3.05) is 21.0 Å². The second kappa shape index (κ2) is 9.80. The number of rotatable bonds is 8. The van der Waals surface area contributed by atoms with Crippen molar-refractivity contribution < 1.29 is 14.2 Å². The summed E-state index contributed by atoms with van der Waals surface area (Å²) in [4.78, 5) is 0. The molecule has 0 saturated heterocycles. The van der Waals surface area contributed by atoms with Crippen LogP contribution in [-0.2, 0) is 11.2 Å². The van der Waals surface area contributed by atoms with Gasteiger partial charge in [0.2, 0.25) is 0 Å². The number of hydrogen-bond donors (Lipinski definition) is 0. The molecule has 0 bridgehead atoms. The molecule has 1 atom stereocenters. The van der Waals surface area contributed by atoms with E-state index in [4.69, 9.17) is 14.2 Å². The van der Waals surface area contributed by atoms with Crippen LogP contribution >= 0.6 is 0 Å². The lowest BCUT2D eigenvalue weighted by Crippen LogP contribution is -2.23. The molecule has 1 aromatic carbocycles. The van der Waals surface area contributed by atoms with E-state index in [9.17, 15) is 0 Å². The van der Waals surface area contributed by atoms with Crippen LogP contribution in [0, 0.1) is 5.41 Å². The molecule has 0 heterocycles. The van der Waals surface area contributed by atoms with Gasteiger partial charge in [-0.2, -0.15) is 0 Å². The Balaban J connectivity index is 2.39. The van der Waals surface area contributed by atoms with Gasteiger partial charge in [-0.05, 0) is 64.7 Å². The summed E-state index contributed by atoms with van der Waals surface area (Å²) in [6.07, 6.45) is 11.2. The molecule has 2 rings (SSSR count). The van der Waals surface area contributed by atoms with E-state index in [-0.39, 0.29) is 12.2 Å². The molecule has 3 nitrogen and oxygen atoms in total. The molecule has 0 fully saturated rings. The van der Waals surface area contributed by atoms with Gasteiger partial charge in [0.05, 0.1) is 7.11 Å². The minimum Gasteiger partial charge on any atom is -0.497 e. The monoisotopic (exact) mass is 370 g/mol. The van der Waals surface area contributed by atoms with Crippen LogP contribution < -0.4 is 9.47 Å². The average Bonchev–Trinajstić information content (AvgIpc) is 2.63. The molecule has 0 radical (unpaired) electrons. The van der Waals surface area contributed by atoms with Crippen molar-refractivity contribution in [3.63, 3.8) is 0 Å². The van der Waals surface area contributed by atoms with Crippen LogP contribution in [0.2, 0.25) is 0 Å². The number of methoxy groups -OCH3 is 2. The molecule has 0 aliphatic heterocycles. The molecule has 148 valence electrons. The Labute approximate surface area is 164 Å². The van der Waals surface area contributed by atoms with Crippen molar-refractivity contribution in [1.29, 1.82) is 0 Å². The summed E-state index contributed by atoms with van der Waals surface area (Å²) in [5.74, 6) is 1.71. The van der Waals surface area contributed by atoms with Crippen LogP contribution in [-0.4, -0.2) is 21.0 Å². The van der Waals surface area contributed by atoms with Crippen molar-refractivity contribution in [2.45, 2.75) is 53.4 Å². The van der Waals surface area contributed by atoms with Gasteiger partial charge in [-0.3, -0.25) is 0 Å². The lowest BCUT2D eigenvalue weighted by Gasteiger charge is -2.36. The Morgan fingerprint density at radius 3 is 2.67 bits per heavy atom. The van der Waals surface area contributed by atoms with Gasteiger partial charge in [0.15, 0.2) is 6.79 Å². The number of allylic oxidation sites excluding steroid dienone is 6. The molecule has 3 heteroatoms. The molecule has 0 amide bonds. The summed E-state index contributed by atoms with van der Waals surface area (Å²) in [6.45, 7) is 9.14. The Kier molecular flexibility index (Phi) is 7.73. The van der Waals surface area contributed by atoms with E-state index in [1.165, 1.54) is 36.0 Å². The van der Waals surface area contributed by atoms with Gasteiger partial charge in [-0.1, -0.05) is 41.9 Å². The van der Waals surface area contributed by atoms with Gasteiger partial charge in [0, 0.05) is 18.1 Å². The van der Waals surface area contributed by atoms with Crippen molar-refractivity contribution in [3.05, 3.63) is 58.7 Å². The Hall–Kier alpha value is -2.00. The molecule has 0 saturated carbocycles. The first-order valence-electron chi connectivity index (χ1n) is 9.70. The highest BCUT2D eigenvalue weighted by atomic mass is 16.7. The molecule has 27 heavy (non-hydrogen) atoms. The topological polar surface area (TPSA) is 27.7 Å². The lowest BCUT2D eigenvalue weighted by atomic mass is 9.69. The summed E-state index contributed by atoms with van der Waals surface area (Å²) < 4.78 is 16.4. The molecule has 1 aliphatic carbocycles. The second-order valence-electron chi connectivity index (χ2n) is 7.83. The van der Waals surface area contributed by atoms with E-state index in [1.54, 1.807) is 14.2 Å². The molecule has 0 aromatic heterocycles. The highest BCUT2D eigenvalue weighted by Gasteiger charge is 2.31. The van der Waals surface area contributed by atoms with Crippen LogP contribution in [0.3, 0.4) is 0 Å². The lowest BCUT2D eigenvalue weighted by molar-refractivity contribution is 0.0504. The van der Waals surface area contributed by atoms with E-state index >= 15 is 0 Å². The van der Waals surface area contributed by atoms with E-state index < -0.39 is 0 Å². The van der Waals surface area contributed by atoms with Gasteiger partial charge in [0.1, 0.15) is 11.5 Å². The maximum Gasteiger partial charge on any atom is 0.188 e. The summed E-state index contributed by atoms with van der Waals surface area (Å²) in [5, 5.41) is 0. The Bertz CT molecular complexity index is 723. The Morgan fingerprint density at radius 1 is 1.22 bits per heavy atom. The van der Waals surface area contributed by atoms with E-state index in [1.807, 2.05) is 12.1 Å². The highest BCUT2D eigenvalue weighted by Crippen LogP contribution is 2.44. The molecular weight excluding hydrogens is 336 g/mol. The fourth-order valence-corrected chi connectivity index (χ4v) is 3.77. The van der Waals surface area contributed by atoms with Crippen LogP contribution in [0.5, 0.6) is 11.5 Å². The zero-order valence-corrected chi connectivity index (χ0v) is 17.7. The molecule has 0 N–H and O–H groups in total. The standard InChI is InChI=1S/C24H34O3/c1-18(2)9-7-13-24(4)14-8-10-19(3)22(24)16-20-15-21(26-6)11-12-23(20)27-17-25-5/h7,9,11-13,15H,8,10,14,16-17H2,1-6H3/b13-7+/t24-/m0/s1. The van der Waals surface area contributed by atoms with Gasteiger partial charge in [-0.25, -0.2) is 0 Å². The first-order valence-corrected chi connectivity index (χ1v) is 9.70. The number of benzene rings is 1. The number of ether oxygens (including phenoxy) is 3. The second-order valence-corrected chi connectivity index (χ2v) is 7.83. The van der Waals surface area contributed by atoms with Crippen LogP contribution in [0.15, 0.2) is 53.1 Å². The van der Waals surface area contributed by atoms with Crippen LogP contribution in [0.1, 0.15) is 52.5 Å². The molecule has 1 aliphatic rings. The fraction of sp³-hybridized carbons (Fsp3) is 0.500. The highest BCUT2D eigenvalue weighted by molar-refractivity contribution is 5.45. The third-order valence-corrected chi connectivity index (χ3v) is 5.31. The SMILES string of the molecule is COCOc1ccc(OC)cc1CC1=C(C)CCC[C@]1(C)/C=C/C=C(C)C. The quantitative estimate of drug-likeness (QED) is 0.307. The van der Waals surface area contributed by atoms with Gasteiger partial charge in [-0.15, -0.1) is 0 Å². The molecule has 0 spiro atoms. The maximum atomic E-state index is 5.82. The smallest absolute Gasteiger partial charge is 0.188 e. The first-order chi connectivity index (χ1) is 12.9. The third kappa shape index (κ3) is 5.74. The zero-order valence-electron chi connectivity index (χ0n) is 17.7. The fourth-order valence-electron chi connectivity index (χ4n) is 3.77. The maximum absolute atomic E-state index is 5.82. The summed E-state index contributed by atoms with van der Waals surface area (Å²) in [6, 6.07) is 5.99. The summed E-state index contributed by atoms with van der Waals surface area (Å²) in [5.41, 5.74) is 5.50. The first kappa shape index (κ1) is 21.3. The normalized spacial score (nSPS) is 20.1. The van der Waals surface area contributed by atoms with Crippen molar-refractivity contribution in [2.24, 2.45) is 5.41 Å². The number of hydrogen-bond acceptors (Lipinski definition) is 3. The third-order valence-electron chi connectivity index (χ3n) is 5.31. The van der Waals surface area contributed by atoms with Crippen LogP contribution in [0.25, 0.3) is 0 Å². The van der Waals surface area contributed by atoms with E-state index in [0.717, 1.165) is 23.5 Å². The van der Waals surface area contributed by atoms with Gasteiger partial charge < -0.3 is 14.2 Å². The molecule has 1 aromatic rings. The van der Waals surface area contributed by atoms with E-state index in [2.05, 4.69) is 52.0 Å². The molecular formula is C24H34O3. The molecule has 0 unspecified atom stereocenters. The minimum atomic E-state index is 0.0654. The minimum absolute atomic E-state index is 0.0654. The van der Waals surface area contributed by atoms with Gasteiger partial charge in [0.25, 0.3) is 0 Å². The van der Waals surface area contributed by atoms with Crippen molar-refractivity contribution in [3.8, 4) is 11.5 Å². The van der Waals surface area contributed by atoms with Gasteiger partial charge >= 0.3 is 0 Å². The zero-order chi connectivity index (χ0) is 19.9. The van der Waals surface area contributed by atoms with Crippen LogP contribution in [0.4, 0.5) is 0 Å². The Morgan fingerprint density at radius 2 is 2.00 bits per heavy atom.